The number of benzene rings is 2. The molecule has 23 heavy (non-hydrogen) atoms. The number of carbonyl (C=O) groups is 1. The smallest absolute Gasteiger partial charge is 0.262 e. The molecule has 5 heteroatoms. The van der Waals surface area contributed by atoms with Gasteiger partial charge in [-0.05, 0) is 55.7 Å². The van der Waals surface area contributed by atoms with E-state index in [1.54, 1.807) is 24.3 Å². The van der Waals surface area contributed by atoms with E-state index in [0.29, 0.717) is 17.0 Å². The predicted octanol–water partition coefficient (Wildman–Crippen LogP) is 4.26. The number of rotatable bonds is 4. The zero-order chi connectivity index (χ0) is 17.0. The monoisotopic (exact) mass is 372 g/mol. The van der Waals surface area contributed by atoms with Crippen LogP contribution in [0.5, 0.6) is 5.75 Å². The highest BCUT2D eigenvalue weighted by atomic mass is 79.9. The number of amides is 1. The summed E-state index contributed by atoms with van der Waals surface area (Å²) in [5.41, 5.74) is 4.05. The van der Waals surface area contributed by atoms with Gasteiger partial charge in [-0.3, -0.25) is 4.79 Å². The molecule has 2 aromatic rings. The van der Waals surface area contributed by atoms with Gasteiger partial charge in [0.05, 0.1) is 11.3 Å². The Morgan fingerprint density at radius 1 is 1.26 bits per heavy atom. The molecule has 0 aliphatic carbocycles. The minimum absolute atomic E-state index is 0.110. The number of ether oxygens (including phenoxy) is 1. The van der Waals surface area contributed by atoms with E-state index in [2.05, 4.69) is 21.2 Å². The molecule has 0 saturated heterocycles. The van der Waals surface area contributed by atoms with Crippen LogP contribution in [0.4, 0.5) is 5.69 Å². The summed E-state index contributed by atoms with van der Waals surface area (Å²) in [6.07, 6.45) is 0. The SMILES string of the molecule is Cc1cc(OCC(=O)Nc2ccccc2C#N)c(C)c(C)c1Br. The highest BCUT2D eigenvalue weighted by molar-refractivity contribution is 9.10. The minimum Gasteiger partial charge on any atom is -0.483 e. The van der Waals surface area contributed by atoms with E-state index in [9.17, 15) is 4.79 Å². The van der Waals surface area contributed by atoms with Crippen LogP contribution in [0, 0.1) is 32.1 Å². The highest BCUT2D eigenvalue weighted by Crippen LogP contribution is 2.31. The fourth-order valence-corrected chi connectivity index (χ4v) is 2.59. The molecule has 0 unspecified atom stereocenters. The van der Waals surface area contributed by atoms with E-state index in [0.717, 1.165) is 21.2 Å². The minimum atomic E-state index is -0.301. The van der Waals surface area contributed by atoms with Gasteiger partial charge < -0.3 is 10.1 Å². The molecule has 0 radical (unpaired) electrons. The van der Waals surface area contributed by atoms with E-state index >= 15 is 0 Å². The third-order valence-electron chi connectivity index (χ3n) is 3.64. The van der Waals surface area contributed by atoms with Crippen molar-refractivity contribution >= 4 is 27.5 Å². The zero-order valence-corrected chi connectivity index (χ0v) is 14.8. The van der Waals surface area contributed by atoms with Crippen LogP contribution in [0.25, 0.3) is 0 Å². The molecule has 118 valence electrons. The normalized spacial score (nSPS) is 10.0. The van der Waals surface area contributed by atoms with Crippen LogP contribution in [0.2, 0.25) is 0 Å². The van der Waals surface area contributed by atoms with Crippen molar-refractivity contribution in [3.05, 3.63) is 57.1 Å². The van der Waals surface area contributed by atoms with Crippen LogP contribution in [-0.2, 0) is 4.79 Å². The molecule has 0 saturated carbocycles. The van der Waals surface area contributed by atoms with Crippen molar-refractivity contribution in [3.63, 3.8) is 0 Å². The Bertz CT molecular complexity index is 794. The Hall–Kier alpha value is -2.32. The first-order valence-corrected chi connectivity index (χ1v) is 7.91. The lowest BCUT2D eigenvalue weighted by molar-refractivity contribution is -0.118. The summed E-state index contributed by atoms with van der Waals surface area (Å²) in [5, 5.41) is 11.7. The van der Waals surface area contributed by atoms with Crippen molar-refractivity contribution in [1.82, 2.24) is 0 Å². The number of nitrogens with one attached hydrogen (secondary N) is 1. The number of aryl methyl sites for hydroxylation is 1. The second-order valence-corrected chi connectivity index (χ2v) is 6.04. The van der Waals surface area contributed by atoms with Gasteiger partial charge in [-0.2, -0.15) is 5.26 Å². The molecule has 2 rings (SSSR count). The number of para-hydroxylation sites is 1. The third-order valence-corrected chi connectivity index (χ3v) is 4.86. The number of halogens is 1. The molecule has 0 aliphatic heterocycles. The van der Waals surface area contributed by atoms with Gasteiger partial charge in [0.15, 0.2) is 6.61 Å². The standard InChI is InChI=1S/C18H17BrN2O2/c1-11-8-16(12(2)13(3)18(11)19)23-10-17(22)21-15-7-5-4-6-14(15)9-20/h4-8H,10H2,1-3H3,(H,21,22). The lowest BCUT2D eigenvalue weighted by atomic mass is 10.1. The molecule has 4 nitrogen and oxygen atoms in total. The van der Waals surface area contributed by atoms with Crippen LogP contribution >= 0.6 is 15.9 Å². The van der Waals surface area contributed by atoms with Crippen molar-refractivity contribution in [2.24, 2.45) is 0 Å². The molecule has 0 heterocycles. The number of carbonyl (C=O) groups excluding carboxylic acids is 1. The lowest BCUT2D eigenvalue weighted by Crippen LogP contribution is -2.21. The van der Waals surface area contributed by atoms with E-state index in [4.69, 9.17) is 10.00 Å². The summed E-state index contributed by atoms with van der Waals surface area (Å²) >= 11 is 3.54. The van der Waals surface area contributed by atoms with Crippen LogP contribution in [0.3, 0.4) is 0 Å². The quantitative estimate of drug-likeness (QED) is 0.871. The molecule has 0 atom stereocenters. The molecule has 0 aliphatic rings. The third kappa shape index (κ3) is 3.91. The Morgan fingerprint density at radius 2 is 1.96 bits per heavy atom. The van der Waals surface area contributed by atoms with Gasteiger partial charge in [0.25, 0.3) is 5.91 Å². The van der Waals surface area contributed by atoms with Crippen molar-refractivity contribution < 1.29 is 9.53 Å². The number of hydrogen-bond acceptors (Lipinski definition) is 3. The van der Waals surface area contributed by atoms with Crippen molar-refractivity contribution in [1.29, 1.82) is 5.26 Å². The summed E-state index contributed by atoms with van der Waals surface area (Å²) in [6.45, 7) is 5.83. The van der Waals surface area contributed by atoms with Crippen LogP contribution in [-0.4, -0.2) is 12.5 Å². The summed E-state index contributed by atoms with van der Waals surface area (Å²) in [7, 11) is 0. The molecule has 1 amide bonds. The fourth-order valence-electron chi connectivity index (χ4n) is 2.18. The number of anilines is 1. The van der Waals surface area contributed by atoms with Gasteiger partial charge in [0, 0.05) is 4.47 Å². The summed E-state index contributed by atoms with van der Waals surface area (Å²) in [6, 6.07) is 10.8. The average molecular weight is 373 g/mol. The summed E-state index contributed by atoms with van der Waals surface area (Å²) < 4.78 is 6.70. The van der Waals surface area contributed by atoms with E-state index in [1.165, 1.54) is 0 Å². The van der Waals surface area contributed by atoms with Gasteiger partial charge in [-0.15, -0.1) is 0 Å². The Kier molecular flexibility index (Phi) is 5.41. The Labute approximate surface area is 144 Å². The van der Waals surface area contributed by atoms with Crippen molar-refractivity contribution in [2.45, 2.75) is 20.8 Å². The molecule has 0 spiro atoms. The molecule has 1 N–H and O–H groups in total. The second kappa shape index (κ2) is 7.30. The first-order chi connectivity index (χ1) is 10.9. The Balaban J connectivity index is 2.07. The Morgan fingerprint density at radius 3 is 2.65 bits per heavy atom. The first-order valence-electron chi connectivity index (χ1n) is 7.12. The van der Waals surface area contributed by atoms with Gasteiger partial charge in [-0.25, -0.2) is 0 Å². The van der Waals surface area contributed by atoms with Crippen molar-refractivity contribution in [2.75, 3.05) is 11.9 Å². The fraction of sp³-hybridized carbons (Fsp3) is 0.222. The van der Waals surface area contributed by atoms with E-state index in [1.807, 2.05) is 32.9 Å². The topological polar surface area (TPSA) is 62.1 Å². The molecule has 2 aromatic carbocycles. The van der Waals surface area contributed by atoms with Crippen molar-refractivity contribution in [3.8, 4) is 11.8 Å². The second-order valence-electron chi connectivity index (χ2n) is 5.25. The van der Waals surface area contributed by atoms with E-state index in [-0.39, 0.29) is 12.5 Å². The molecular weight excluding hydrogens is 356 g/mol. The predicted molar refractivity (Wildman–Crippen MR) is 93.6 cm³/mol. The zero-order valence-electron chi connectivity index (χ0n) is 13.2. The number of nitrogens with zero attached hydrogens (tertiary/aromatic N) is 1. The van der Waals surface area contributed by atoms with Gasteiger partial charge in [-0.1, -0.05) is 28.1 Å². The lowest BCUT2D eigenvalue weighted by Gasteiger charge is -2.14. The number of hydrogen-bond donors (Lipinski definition) is 1. The average Bonchev–Trinajstić information content (AvgIpc) is 2.55. The van der Waals surface area contributed by atoms with Gasteiger partial charge >= 0.3 is 0 Å². The molecule has 0 aromatic heterocycles. The van der Waals surface area contributed by atoms with Gasteiger partial charge in [0.1, 0.15) is 11.8 Å². The van der Waals surface area contributed by atoms with Gasteiger partial charge in [0.2, 0.25) is 0 Å². The van der Waals surface area contributed by atoms with Crippen LogP contribution < -0.4 is 10.1 Å². The number of nitriles is 1. The largest absolute Gasteiger partial charge is 0.483 e. The maximum atomic E-state index is 12.0. The molecular formula is C18H17BrN2O2. The van der Waals surface area contributed by atoms with Crippen LogP contribution in [0.1, 0.15) is 22.3 Å². The summed E-state index contributed by atoms with van der Waals surface area (Å²) in [5.74, 6) is 0.386. The maximum Gasteiger partial charge on any atom is 0.262 e. The summed E-state index contributed by atoms with van der Waals surface area (Å²) in [4.78, 5) is 12.0. The maximum absolute atomic E-state index is 12.0. The van der Waals surface area contributed by atoms with E-state index < -0.39 is 0 Å². The van der Waals surface area contributed by atoms with Crippen LogP contribution in [0.15, 0.2) is 34.8 Å². The first kappa shape index (κ1) is 17.0. The highest BCUT2D eigenvalue weighted by Gasteiger charge is 2.12. The molecule has 0 fully saturated rings. The molecule has 0 bridgehead atoms.